The second-order valence-corrected chi connectivity index (χ2v) is 6.68. The van der Waals surface area contributed by atoms with Gasteiger partial charge in [-0.2, -0.15) is 0 Å². The Hall–Kier alpha value is -3.30. The second kappa shape index (κ2) is 9.07. The molecule has 0 bridgehead atoms. The van der Waals surface area contributed by atoms with Crippen molar-refractivity contribution in [2.45, 2.75) is 5.92 Å². The van der Waals surface area contributed by atoms with Gasteiger partial charge in [0.1, 0.15) is 0 Å². The van der Waals surface area contributed by atoms with Gasteiger partial charge in [0.2, 0.25) is 0 Å². The molecule has 3 rings (SSSR count). The minimum absolute atomic E-state index is 0.0843. The van der Waals surface area contributed by atoms with Crippen LogP contribution in [0.25, 0.3) is 0 Å². The first-order valence-corrected chi connectivity index (χ1v) is 9.26. The lowest BCUT2D eigenvalue weighted by atomic mass is 9.75. The molecule has 28 heavy (non-hydrogen) atoms. The number of allylic oxidation sites excluding steroid dienone is 1. The van der Waals surface area contributed by atoms with Crippen LogP contribution < -0.4 is 5.73 Å². The van der Waals surface area contributed by atoms with Crippen molar-refractivity contribution < 1.29 is 9.59 Å². The van der Waals surface area contributed by atoms with Gasteiger partial charge in [-0.15, -0.1) is 0 Å². The Morgan fingerprint density at radius 3 is 1.71 bits per heavy atom. The third kappa shape index (κ3) is 4.16. The maximum absolute atomic E-state index is 13.2. The number of carbonyl (C=O) groups excluding carboxylic acids is 2. The van der Waals surface area contributed by atoms with Crippen molar-refractivity contribution >= 4 is 11.6 Å². The highest BCUT2D eigenvalue weighted by atomic mass is 16.1. The molecule has 140 valence electrons. The van der Waals surface area contributed by atoms with Crippen molar-refractivity contribution in [3.05, 3.63) is 120 Å². The molecule has 0 aliphatic rings. The van der Waals surface area contributed by atoms with E-state index in [1.165, 1.54) is 0 Å². The number of hydrogen-bond acceptors (Lipinski definition) is 3. The van der Waals surface area contributed by atoms with Gasteiger partial charge in [-0.1, -0.05) is 97.6 Å². The van der Waals surface area contributed by atoms with Gasteiger partial charge in [0.15, 0.2) is 11.6 Å². The van der Waals surface area contributed by atoms with Gasteiger partial charge < -0.3 is 5.73 Å². The smallest absolute Gasteiger partial charge is 0.189 e. The van der Waals surface area contributed by atoms with Crippen LogP contribution in [0.4, 0.5) is 0 Å². The Labute approximate surface area is 165 Å². The van der Waals surface area contributed by atoms with Crippen molar-refractivity contribution in [1.82, 2.24) is 0 Å². The molecule has 0 aromatic heterocycles. The van der Waals surface area contributed by atoms with E-state index in [1.54, 1.807) is 24.3 Å². The van der Waals surface area contributed by atoms with E-state index in [1.807, 2.05) is 66.7 Å². The number of hydrogen-bond donors (Lipinski definition) is 1. The molecule has 0 heterocycles. The molecule has 2 unspecified atom stereocenters. The van der Waals surface area contributed by atoms with E-state index in [0.29, 0.717) is 16.7 Å². The lowest BCUT2D eigenvalue weighted by molar-refractivity contribution is 0.0906. The fraction of sp³-hybridized carbons (Fsp3) is 0.120. The fourth-order valence-electron chi connectivity index (χ4n) is 3.46. The zero-order valence-electron chi connectivity index (χ0n) is 15.6. The second-order valence-electron chi connectivity index (χ2n) is 6.68. The first-order valence-electron chi connectivity index (χ1n) is 9.26. The molecule has 3 heteroatoms. The summed E-state index contributed by atoms with van der Waals surface area (Å²) in [7, 11) is 0. The first kappa shape index (κ1) is 19.5. The quantitative estimate of drug-likeness (QED) is 0.464. The van der Waals surface area contributed by atoms with E-state index in [2.05, 4.69) is 6.58 Å². The van der Waals surface area contributed by atoms with Gasteiger partial charge in [0.25, 0.3) is 0 Å². The summed E-state index contributed by atoms with van der Waals surface area (Å²) in [5.41, 5.74) is 8.42. The monoisotopic (exact) mass is 369 g/mol. The third-order valence-corrected chi connectivity index (χ3v) is 4.91. The van der Waals surface area contributed by atoms with Crippen molar-refractivity contribution in [1.29, 1.82) is 0 Å². The predicted molar refractivity (Wildman–Crippen MR) is 112 cm³/mol. The van der Waals surface area contributed by atoms with E-state index in [-0.39, 0.29) is 18.1 Å². The van der Waals surface area contributed by atoms with Gasteiger partial charge in [-0.25, -0.2) is 0 Å². The lowest BCUT2D eigenvalue weighted by Crippen LogP contribution is -2.32. The molecule has 0 fully saturated rings. The van der Waals surface area contributed by atoms with Crippen LogP contribution in [-0.4, -0.2) is 18.1 Å². The van der Waals surface area contributed by atoms with Gasteiger partial charge in [0, 0.05) is 35.1 Å². The molecule has 3 nitrogen and oxygen atoms in total. The summed E-state index contributed by atoms with van der Waals surface area (Å²) in [6, 6.07) is 27.6. The van der Waals surface area contributed by atoms with Crippen molar-refractivity contribution in [2.75, 3.05) is 6.54 Å². The van der Waals surface area contributed by atoms with Gasteiger partial charge in [-0.3, -0.25) is 9.59 Å². The highest BCUT2D eigenvalue weighted by Crippen LogP contribution is 2.34. The summed E-state index contributed by atoms with van der Waals surface area (Å²) >= 11 is 0. The van der Waals surface area contributed by atoms with Crippen LogP contribution in [0.1, 0.15) is 32.2 Å². The van der Waals surface area contributed by atoms with E-state index >= 15 is 0 Å². The molecular weight excluding hydrogens is 346 g/mol. The molecule has 0 aliphatic heterocycles. The largest absolute Gasteiger partial charge is 0.330 e. The number of Topliss-reactive ketones (excluding diaryl/α,β-unsaturated/α-hetero) is 2. The summed E-state index contributed by atoms with van der Waals surface area (Å²) in [5.74, 6) is -1.33. The number of rotatable bonds is 8. The molecule has 0 amide bonds. The summed E-state index contributed by atoms with van der Waals surface area (Å²) in [4.78, 5) is 26.3. The van der Waals surface area contributed by atoms with E-state index in [9.17, 15) is 9.59 Å². The van der Waals surface area contributed by atoms with Crippen LogP contribution in [0.2, 0.25) is 0 Å². The molecular formula is C25H23NO2. The molecule has 0 spiro atoms. The minimum Gasteiger partial charge on any atom is -0.330 e. The molecule has 0 saturated heterocycles. The van der Waals surface area contributed by atoms with Crippen molar-refractivity contribution in [3.63, 3.8) is 0 Å². The molecule has 3 aromatic rings. The Morgan fingerprint density at radius 1 is 0.750 bits per heavy atom. The Bertz CT molecular complexity index is 950. The minimum atomic E-state index is -0.579. The van der Waals surface area contributed by atoms with Crippen LogP contribution in [0.3, 0.4) is 0 Å². The maximum atomic E-state index is 13.2. The van der Waals surface area contributed by atoms with Crippen molar-refractivity contribution in [2.24, 2.45) is 11.7 Å². The zero-order valence-corrected chi connectivity index (χ0v) is 15.6. The number of carbonyl (C=O) groups is 2. The highest BCUT2D eigenvalue weighted by Gasteiger charge is 2.33. The predicted octanol–water partition coefficient (Wildman–Crippen LogP) is 4.67. The average molecular weight is 369 g/mol. The topological polar surface area (TPSA) is 60.2 Å². The van der Waals surface area contributed by atoms with Gasteiger partial charge in [0.05, 0.1) is 0 Å². The summed E-state index contributed by atoms with van der Waals surface area (Å²) in [6.45, 7) is 4.21. The van der Waals surface area contributed by atoms with Crippen LogP contribution >= 0.6 is 0 Å². The number of ketones is 2. The number of nitrogens with two attached hydrogens (primary N) is 1. The van der Waals surface area contributed by atoms with Gasteiger partial charge >= 0.3 is 0 Å². The van der Waals surface area contributed by atoms with Crippen LogP contribution in [0.15, 0.2) is 103 Å². The summed E-state index contributed by atoms with van der Waals surface area (Å²) in [6.07, 6.45) is 0. The highest BCUT2D eigenvalue weighted by molar-refractivity contribution is 6.10. The maximum Gasteiger partial charge on any atom is 0.189 e. The Kier molecular flexibility index (Phi) is 6.30. The fourth-order valence-corrected chi connectivity index (χ4v) is 3.46. The van der Waals surface area contributed by atoms with E-state index in [4.69, 9.17) is 5.73 Å². The third-order valence-electron chi connectivity index (χ3n) is 4.91. The molecule has 0 saturated carbocycles. The van der Waals surface area contributed by atoms with E-state index < -0.39 is 11.8 Å². The van der Waals surface area contributed by atoms with E-state index in [0.717, 1.165) is 5.56 Å². The van der Waals surface area contributed by atoms with Crippen LogP contribution in [0, 0.1) is 5.92 Å². The Morgan fingerprint density at radius 2 is 1.21 bits per heavy atom. The number of benzene rings is 3. The van der Waals surface area contributed by atoms with Crippen molar-refractivity contribution in [3.8, 4) is 0 Å². The zero-order chi connectivity index (χ0) is 19.9. The molecule has 0 radical (unpaired) electrons. The molecule has 2 N–H and O–H groups in total. The lowest BCUT2D eigenvalue weighted by Gasteiger charge is -2.27. The molecule has 0 aliphatic carbocycles. The standard InChI is InChI=1S/C25H23NO2/c1-18(24(27)20-13-7-3-8-14-20)23(19-11-5-2-6-12-19)22(17-26)25(28)21-15-9-4-10-16-21/h2-16,22-23H,1,17,26H2. The normalized spacial score (nSPS) is 12.8. The summed E-state index contributed by atoms with van der Waals surface area (Å²) in [5, 5.41) is 0. The average Bonchev–Trinajstić information content (AvgIpc) is 2.77. The molecule has 3 aromatic carbocycles. The van der Waals surface area contributed by atoms with Crippen LogP contribution in [0.5, 0.6) is 0 Å². The SMILES string of the molecule is C=C(C(=O)c1ccccc1)C(c1ccccc1)C(CN)C(=O)c1ccccc1. The Balaban J connectivity index is 2.02. The van der Waals surface area contributed by atoms with Gasteiger partial charge in [-0.05, 0) is 5.56 Å². The first-order chi connectivity index (χ1) is 13.6. The molecule has 2 atom stereocenters. The summed E-state index contributed by atoms with van der Waals surface area (Å²) < 4.78 is 0. The van der Waals surface area contributed by atoms with Crippen LogP contribution in [-0.2, 0) is 0 Å².